The van der Waals surface area contributed by atoms with Crippen LogP contribution in [0, 0.1) is 18.3 Å². The minimum atomic E-state index is -0.308. The normalized spacial score (nSPS) is 11.7. The second-order valence-electron chi connectivity index (χ2n) is 5.12. The number of hydrogen-bond donors (Lipinski definition) is 1. The van der Waals surface area contributed by atoms with Crippen LogP contribution in [-0.2, 0) is 11.8 Å². The number of nitriles is 1. The molecule has 2 aromatic rings. The lowest BCUT2D eigenvalue weighted by atomic mass is 10.1. The molecule has 0 aliphatic rings. The molecular weight excluding hydrogens is 310 g/mol. The van der Waals surface area contributed by atoms with Gasteiger partial charge in [0, 0.05) is 18.3 Å². The Balaban J connectivity index is 2.17. The first-order valence-electron chi connectivity index (χ1n) is 6.93. The number of benzene rings is 1. The fraction of sp³-hybridized carbons (Fsp3) is 0.250. The average molecular weight is 327 g/mol. The molecule has 0 atom stereocenters. The SMILES string of the molecule is C/C(N)=C(/C#N)C(=O)CSc1nnc(-c2cccc(C)c2)n1C. The molecular formula is C16H17N5OS. The minimum Gasteiger partial charge on any atom is -0.401 e. The Bertz CT molecular complexity index is 812. The van der Waals surface area contributed by atoms with Crippen LogP contribution in [0.5, 0.6) is 0 Å². The number of carbonyl (C=O) groups excluding carboxylic acids is 1. The van der Waals surface area contributed by atoms with E-state index in [0.29, 0.717) is 5.16 Å². The maximum Gasteiger partial charge on any atom is 0.191 e. The van der Waals surface area contributed by atoms with Crippen LogP contribution in [0.2, 0.25) is 0 Å². The molecule has 0 fully saturated rings. The highest BCUT2D eigenvalue weighted by Gasteiger charge is 2.16. The van der Waals surface area contributed by atoms with Gasteiger partial charge in [0.25, 0.3) is 0 Å². The minimum absolute atomic E-state index is 0.00132. The summed E-state index contributed by atoms with van der Waals surface area (Å²) >= 11 is 1.23. The van der Waals surface area contributed by atoms with E-state index < -0.39 is 0 Å². The lowest BCUT2D eigenvalue weighted by molar-refractivity contribution is -0.112. The first-order valence-corrected chi connectivity index (χ1v) is 7.91. The third-order valence-electron chi connectivity index (χ3n) is 3.23. The van der Waals surface area contributed by atoms with E-state index in [1.807, 2.05) is 48.9 Å². The van der Waals surface area contributed by atoms with Crippen LogP contribution in [0.1, 0.15) is 12.5 Å². The summed E-state index contributed by atoms with van der Waals surface area (Å²) in [5.74, 6) is 0.518. The highest BCUT2D eigenvalue weighted by molar-refractivity contribution is 7.99. The lowest BCUT2D eigenvalue weighted by Crippen LogP contribution is -2.10. The molecule has 0 bridgehead atoms. The summed E-state index contributed by atoms with van der Waals surface area (Å²) in [7, 11) is 1.85. The summed E-state index contributed by atoms with van der Waals surface area (Å²) in [4.78, 5) is 12.0. The van der Waals surface area contributed by atoms with Gasteiger partial charge in [-0.3, -0.25) is 4.79 Å². The molecule has 0 aliphatic carbocycles. The summed E-state index contributed by atoms with van der Waals surface area (Å²) < 4.78 is 1.83. The van der Waals surface area contributed by atoms with Crippen molar-refractivity contribution in [1.82, 2.24) is 14.8 Å². The van der Waals surface area contributed by atoms with Gasteiger partial charge in [-0.25, -0.2) is 0 Å². The Morgan fingerprint density at radius 2 is 2.17 bits per heavy atom. The number of nitrogens with zero attached hydrogens (tertiary/aromatic N) is 4. The molecule has 2 rings (SSSR count). The van der Waals surface area contributed by atoms with E-state index in [2.05, 4.69) is 10.2 Å². The summed E-state index contributed by atoms with van der Waals surface area (Å²) in [5, 5.41) is 17.9. The smallest absolute Gasteiger partial charge is 0.191 e. The number of aryl methyl sites for hydroxylation is 1. The Kier molecular flexibility index (Phi) is 5.19. The second-order valence-corrected chi connectivity index (χ2v) is 6.06. The van der Waals surface area contributed by atoms with Gasteiger partial charge in [-0.05, 0) is 19.9 Å². The quantitative estimate of drug-likeness (QED) is 0.513. The maximum absolute atomic E-state index is 12.0. The van der Waals surface area contributed by atoms with Crippen LogP contribution in [0.25, 0.3) is 11.4 Å². The molecule has 0 unspecified atom stereocenters. The van der Waals surface area contributed by atoms with Crippen molar-refractivity contribution in [3.8, 4) is 17.5 Å². The molecule has 0 spiro atoms. The molecule has 0 radical (unpaired) electrons. The molecule has 7 heteroatoms. The van der Waals surface area contributed by atoms with Crippen LogP contribution in [0.3, 0.4) is 0 Å². The number of hydrogen-bond acceptors (Lipinski definition) is 6. The Labute approximate surface area is 139 Å². The number of ketones is 1. The number of Topliss-reactive ketones (excluding diaryl/α,β-unsaturated/α-hetero) is 1. The molecule has 118 valence electrons. The molecule has 1 aromatic heterocycles. The Morgan fingerprint density at radius 1 is 1.43 bits per heavy atom. The van der Waals surface area contributed by atoms with Gasteiger partial charge < -0.3 is 10.3 Å². The van der Waals surface area contributed by atoms with Crippen molar-refractivity contribution < 1.29 is 4.79 Å². The number of allylic oxidation sites excluding steroid dienone is 2. The summed E-state index contributed by atoms with van der Waals surface area (Å²) in [5.41, 5.74) is 7.87. The Morgan fingerprint density at radius 3 is 2.78 bits per heavy atom. The fourth-order valence-electron chi connectivity index (χ4n) is 2.05. The highest BCUT2D eigenvalue weighted by atomic mass is 32.2. The summed E-state index contributed by atoms with van der Waals surface area (Å²) in [6.07, 6.45) is 0. The number of rotatable bonds is 5. The van der Waals surface area contributed by atoms with E-state index >= 15 is 0 Å². The van der Waals surface area contributed by atoms with Gasteiger partial charge in [-0.2, -0.15) is 5.26 Å². The van der Waals surface area contributed by atoms with Crippen molar-refractivity contribution >= 4 is 17.5 Å². The third kappa shape index (κ3) is 3.79. The van der Waals surface area contributed by atoms with Crippen molar-refractivity contribution in [1.29, 1.82) is 5.26 Å². The van der Waals surface area contributed by atoms with E-state index in [-0.39, 0.29) is 22.8 Å². The van der Waals surface area contributed by atoms with Crippen molar-refractivity contribution in [2.24, 2.45) is 12.8 Å². The van der Waals surface area contributed by atoms with Gasteiger partial charge in [-0.1, -0.05) is 35.5 Å². The van der Waals surface area contributed by atoms with E-state index in [1.165, 1.54) is 11.8 Å². The maximum atomic E-state index is 12.0. The molecule has 0 aliphatic heterocycles. The van der Waals surface area contributed by atoms with Crippen LogP contribution in [0.4, 0.5) is 0 Å². The van der Waals surface area contributed by atoms with Gasteiger partial charge in [0.15, 0.2) is 16.8 Å². The number of carbonyl (C=O) groups is 1. The second kappa shape index (κ2) is 7.11. The molecule has 0 saturated carbocycles. The lowest BCUT2D eigenvalue weighted by Gasteiger charge is -2.04. The van der Waals surface area contributed by atoms with Gasteiger partial charge in [-0.15, -0.1) is 10.2 Å². The van der Waals surface area contributed by atoms with Crippen LogP contribution in [-0.4, -0.2) is 26.3 Å². The third-order valence-corrected chi connectivity index (χ3v) is 4.25. The van der Waals surface area contributed by atoms with Crippen molar-refractivity contribution in [3.05, 3.63) is 41.1 Å². The number of thioether (sulfide) groups is 1. The monoisotopic (exact) mass is 327 g/mol. The first-order chi connectivity index (χ1) is 10.9. The molecule has 23 heavy (non-hydrogen) atoms. The zero-order valence-electron chi connectivity index (χ0n) is 13.2. The van der Waals surface area contributed by atoms with Gasteiger partial charge in [0.2, 0.25) is 0 Å². The van der Waals surface area contributed by atoms with Crippen LogP contribution in [0.15, 0.2) is 40.7 Å². The molecule has 6 nitrogen and oxygen atoms in total. The average Bonchev–Trinajstić information content (AvgIpc) is 2.86. The van der Waals surface area contributed by atoms with Crippen molar-refractivity contribution in [3.63, 3.8) is 0 Å². The largest absolute Gasteiger partial charge is 0.401 e. The van der Waals surface area contributed by atoms with Crippen molar-refractivity contribution in [2.75, 3.05) is 5.75 Å². The van der Waals surface area contributed by atoms with E-state index in [1.54, 1.807) is 6.92 Å². The molecule has 0 saturated heterocycles. The van der Waals surface area contributed by atoms with Crippen LogP contribution < -0.4 is 5.73 Å². The fourth-order valence-corrected chi connectivity index (χ4v) is 2.83. The highest BCUT2D eigenvalue weighted by Crippen LogP contribution is 2.23. The predicted molar refractivity (Wildman–Crippen MR) is 89.4 cm³/mol. The molecule has 1 heterocycles. The topological polar surface area (TPSA) is 97.6 Å². The van der Waals surface area contributed by atoms with Crippen molar-refractivity contribution in [2.45, 2.75) is 19.0 Å². The Hall–Kier alpha value is -2.59. The van der Waals surface area contributed by atoms with E-state index in [9.17, 15) is 4.79 Å². The molecule has 2 N–H and O–H groups in total. The van der Waals surface area contributed by atoms with Gasteiger partial charge in [0.1, 0.15) is 11.6 Å². The first kappa shape index (κ1) is 16.8. The van der Waals surface area contributed by atoms with Gasteiger partial charge >= 0.3 is 0 Å². The summed E-state index contributed by atoms with van der Waals surface area (Å²) in [6.45, 7) is 3.55. The summed E-state index contributed by atoms with van der Waals surface area (Å²) in [6, 6.07) is 9.80. The standard InChI is InChI=1S/C16H17N5OS/c1-10-5-4-6-12(7-10)15-19-20-16(21(15)3)23-9-14(22)13(8-17)11(2)18/h4-7H,9,18H2,1-3H3/b13-11+. The van der Waals surface area contributed by atoms with E-state index in [4.69, 9.17) is 11.0 Å². The predicted octanol–water partition coefficient (Wildman–Crippen LogP) is 2.21. The zero-order valence-corrected chi connectivity index (χ0v) is 14.0. The number of nitrogens with two attached hydrogens (primary N) is 1. The molecule has 1 aromatic carbocycles. The van der Waals surface area contributed by atoms with Gasteiger partial charge in [0.05, 0.1) is 5.75 Å². The molecule has 0 amide bonds. The zero-order chi connectivity index (χ0) is 17.0. The van der Waals surface area contributed by atoms with Crippen LogP contribution >= 0.6 is 11.8 Å². The number of aromatic nitrogens is 3. The van der Waals surface area contributed by atoms with E-state index in [0.717, 1.165) is 17.0 Å².